The van der Waals surface area contributed by atoms with E-state index in [0.29, 0.717) is 11.6 Å². The van der Waals surface area contributed by atoms with Crippen molar-refractivity contribution in [2.45, 2.75) is 31.8 Å². The molecule has 1 aliphatic rings. The highest BCUT2D eigenvalue weighted by Gasteiger charge is 2.20. The molecular formula is C13H18N2O3. The van der Waals surface area contributed by atoms with Gasteiger partial charge in [0.25, 0.3) is 5.69 Å². The number of nitrogens with one attached hydrogen (secondary N) is 1. The van der Waals surface area contributed by atoms with Crippen LogP contribution in [0.3, 0.4) is 0 Å². The maximum atomic E-state index is 10.8. The molecule has 0 amide bonds. The van der Waals surface area contributed by atoms with Crippen LogP contribution in [0.25, 0.3) is 0 Å². The van der Waals surface area contributed by atoms with Gasteiger partial charge in [-0.25, -0.2) is 0 Å². The lowest BCUT2D eigenvalue weighted by molar-refractivity contribution is -0.384. The van der Waals surface area contributed by atoms with Crippen LogP contribution in [0.5, 0.6) is 0 Å². The smallest absolute Gasteiger partial charge is 0.292 e. The van der Waals surface area contributed by atoms with Crippen molar-refractivity contribution >= 4 is 11.4 Å². The molecule has 0 saturated heterocycles. The number of aliphatic hydroxyl groups is 1. The summed E-state index contributed by atoms with van der Waals surface area (Å²) in [5.41, 5.74) is 0.696. The van der Waals surface area contributed by atoms with Gasteiger partial charge in [0.2, 0.25) is 0 Å². The SMILES string of the molecule is O=[N+]([O-])c1ccccc1NCC1CCC(O)CC1. The molecule has 0 spiro atoms. The van der Waals surface area contributed by atoms with Crippen LogP contribution >= 0.6 is 0 Å². The molecule has 1 fully saturated rings. The lowest BCUT2D eigenvalue weighted by Gasteiger charge is -2.25. The van der Waals surface area contributed by atoms with Crippen molar-refractivity contribution in [3.05, 3.63) is 34.4 Å². The first-order valence-corrected chi connectivity index (χ1v) is 6.32. The Bertz CT molecular complexity index is 414. The molecule has 1 aromatic carbocycles. The number of hydrogen-bond acceptors (Lipinski definition) is 4. The first kappa shape index (κ1) is 12.8. The fourth-order valence-electron chi connectivity index (χ4n) is 2.39. The number of anilines is 1. The van der Waals surface area contributed by atoms with Gasteiger partial charge in [0, 0.05) is 12.6 Å². The highest BCUT2D eigenvalue weighted by atomic mass is 16.6. The second kappa shape index (κ2) is 5.82. The number of hydrogen-bond donors (Lipinski definition) is 2. The standard InChI is InChI=1S/C13H18N2O3/c16-11-7-5-10(6-8-11)9-14-12-3-1-2-4-13(12)15(17)18/h1-4,10-11,14,16H,5-9H2. The van der Waals surface area contributed by atoms with Crippen molar-refractivity contribution in [2.75, 3.05) is 11.9 Å². The summed E-state index contributed by atoms with van der Waals surface area (Å²) in [4.78, 5) is 10.5. The lowest BCUT2D eigenvalue weighted by Crippen LogP contribution is -2.23. The number of para-hydroxylation sites is 2. The number of nitrogens with zero attached hydrogens (tertiary/aromatic N) is 1. The van der Waals surface area contributed by atoms with Crippen molar-refractivity contribution < 1.29 is 10.0 Å². The van der Waals surface area contributed by atoms with Crippen LogP contribution in [-0.4, -0.2) is 22.7 Å². The predicted octanol–water partition coefficient (Wildman–Crippen LogP) is 2.56. The van der Waals surface area contributed by atoms with Crippen LogP contribution in [0.4, 0.5) is 11.4 Å². The Morgan fingerprint density at radius 3 is 2.61 bits per heavy atom. The number of benzene rings is 1. The molecule has 0 aromatic heterocycles. The van der Waals surface area contributed by atoms with Gasteiger partial charge in [-0.1, -0.05) is 12.1 Å². The summed E-state index contributed by atoms with van der Waals surface area (Å²) in [5, 5.41) is 23.4. The fraction of sp³-hybridized carbons (Fsp3) is 0.538. The molecule has 0 unspecified atom stereocenters. The Kier molecular flexibility index (Phi) is 4.15. The molecule has 1 aliphatic carbocycles. The molecule has 0 aliphatic heterocycles. The molecule has 98 valence electrons. The zero-order valence-corrected chi connectivity index (χ0v) is 10.2. The molecular weight excluding hydrogens is 232 g/mol. The molecule has 1 aromatic rings. The van der Waals surface area contributed by atoms with E-state index in [1.54, 1.807) is 18.2 Å². The third kappa shape index (κ3) is 3.20. The zero-order valence-electron chi connectivity index (χ0n) is 10.2. The van der Waals surface area contributed by atoms with Crippen molar-refractivity contribution in [1.82, 2.24) is 0 Å². The monoisotopic (exact) mass is 250 g/mol. The van der Waals surface area contributed by atoms with Crippen molar-refractivity contribution in [3.63, 3.8) is 0 Å². The number of nitro benzene ring substituents is 1. The van der Waals surface area contributed by atoms with Gasteiger partial charge in [-0.15, -0.1) is 0 Å². The lowest BCUT2D eigenvalue weighted by atomic mass is 9.87. The Labute approximate surface area is 106 Å². The van der Waals surface area contributed by atoms with E-state index < -0.39 is 0 Å². The first-order valence-electron chi connectivity index (χ1n) is 6.32. The molecule has 1 saturated carbocycles. The minimum atomic E-state index is -0.368. The molecule has 5 heteroatoms. The van der Waals surface area contributed by atoms with Gasteiger partial charge in [0.05, 0.1) is 11.0 Å². The largest absolute Gasteiger partial charge is 0.393 e. The Hall–Kier alpha value is -1.62. The van der Waals surface area contributed by atoms with Gasteiger partial charge in [-0.05, 0) is 37.7 Å². The van der Waals surface area contributed by atoms with Crippen LogP contribution in [0.15, 0.2) is 24.3 Å². The van der Waals surface area contributed by atoms with Gasteiger partial charge in [-0.2, -0.15) is 0 Å². The van der Waals surface area contributed by atoms with Crippen LogP contribution in [0, 0.1) is 16.0 Å². The number of nitro groups is 1. The van der Waals surface area contributed by atoms with Crippen molar-refractivity contribution in [2.24, 2.45) is 5.92 Å². The third-order valence-electron chi connectivity index (χ3n) is 3.50. The maximum Gasteiger partial charge on any atom is 0.292 e. The average Bonchev–Trinajstić information content (AvgIpc) is 2.38. The molecule has 0 heterocycles. The minimum absolute atomic E-state index is 0.119. The fourth-order valence-corrected chi connectivity index (χ4v) is 2.39. The van der Waals surface area contributed by atoms with Crippen molar-refractivity contribution in [1.29, 1.82) is 0 Å². The summed E-state index contributed by atoms with van der Waals surface area (Å²) in [6, 6.07) is 6.70. The van der Waals surface area contributed by atoms with Gasteiger partial charge >= 0.3 is 0 Å². The van der Waals surface area contributed by atoms with Gasteiger partial charge in [-0.3, -0.25) is 10.1 Å². The zero-order chi connectivity index (χ0) is 13.0. The third-order valence-corrected chi connectivity index (χ3v) is 3.50. The van der Waals surface area contributed by atoms with E-state index in [0.717, 1.165) is 32.2 Å². The Morgan fingerprint density at radius 1 is 1.28 bits per heavy atom. The van der Waals surface area contributed by atoms with E-state index >= 15 is 0 Å². The van der Waals surface area contributed by atoms with Crippen LogP contribution in [0.2, 0.25) is 0 Å². The number of rotatable bonds is 4. The van der Waals surface area contributed by atoms with E-state index in [2.05, 4.69) is 5.32 Å². The van der Waals surface area contributed by atoms with Crippen LogP contribution < -0.4 is 5.32 Å². The van der Waals surface area contributed by atoms with E-state index in [9.17, 15) is 15.2 Å². The Balaban J connectivity index is 1.92. The molecule has 2 N–H and O–H groups in total. The summed E-state index contributed by atoms with van der Waals surface area (Å²) >= 11 is 0. The highest BCUT2D eigenvalue weighted by Crippen LogP contribution is 2.27. The average molecular weight is 250 g/mol. The van der Waals surface area contributed by atoms with E-state index in [4.69, 9.17) is 0 Å². The van der Waals surface area contributed by atoms with E-state index in [1.807, 2.05) is 0 Å². The topological polar surface area (TPSA) is 75.4 Å². The quantitative estimate of drug-likeness (QED) is 0.636. The van der Waals surface area contributed by atoms with Gasteiger partial charge in [0.15, 0.2) is 0 Å². The van der Waals surface area contributed by atoms with Crippen LogP contribution in [0.1, 0.15) is 25.7 Å². The molecule has 0 radical (unpaired) electrons. The summed E-state index contributed by atoms with van der Waals surface area (Å²) in [7, 11) is 0. The molecule has 0 bridgehead atoms. The second-order valence-corrected chi connectivity index (χ2v) is 4.83. The van der Waals surface area contributed by atoms with Crippen LogP contribution in [-0.2, 0) is 0 Å². The first-order chi connectivity index (χ1) is 8.66. The molecule has 2 rings (SSSR count). The molecule has 18 heavy (non-hydrogen) atoms. The normalized spacial score (nSPS) is 23.6. The predicted molar refractivity (Wildman–Crippen MR) is 69.6 cm³/mol. The minimum Gasteiger partial charge on any atom is -0.393 e. The maximum absolute atomic E-state index is 10.8. The summed E-state index contributed by atoms with van der Waals surface area (Å²) in [6.07, 6.45) is 3.48. The van der Waals surface area contributed by atoms with Crippen molar-refractivity contribution in [3.8, 4) is 0 Å². The Morgan fingerprint density at radius 2 is 1.94 bits per heavy atom. The summed E-state index contributed by atoms with van der Waals surface area (Å²) in [5.74, 6) is 0.494. The summed E-state index contributed by atoms with van der Waals surface area (Å²) < 4.78 is 0. The van der Waals surface area contributed by atoms with E-state index in [-0.39, 0.29) is 16.7 Å². The molecule has 0 atom stereocenters. The number of aliphatic hydroxyl groups excluding tert-OH is 1. The van der Waals surface area contributed by atoms with Gasteiger partial charge < -0.3 is 10.4 Å². The van der Waals surface area contributed by atoms with Gasteiger partial charge in [0.1, 0.15) is 5.69 Å². The molecule has 5 nitrogen and oxygen atoms in total. The van der Waals surface area contributed by atoms with E-state index in [1.165, 1.54) is 6.07 Å². The summed E-state index contributed by atoms with van der Waals surface area (Å²) in [6.45, 7) is 0.734. The highest BCUT2D eigenvalue weighted by molar-refractivity contribution is 5.61. The second-order valence-electron chi connectivity index (χ2n) is 4.83.